The Morgan fingerprint density at radius 1 is 1.53 bits per heavy atom. The Balaban J connectivity index is 1.94. The van der Waals surface area contributed by atoms with Crippen molar-refractivity contribution in [2.75, 3.05) is 13.2 Å². The molecule has 0 aromatic heterocycles. The number of benzene rings is 1. The minimum absolute atomic E-state index is 0.305. The van der Waals surface area contributed by atoms with Crippen molar-refractivity contribution in [2.24, 2.45) is 5.92 Å². The van der Waals surface area contributed by atoms with Gasteiger partial charge in [-0.3, -0.25) is 0 Å². The van der Waals surface area contributed by atoms with E-state index in [9.17, 15) is 4.79 Å². The fourth-order valence-electron chi connectivity index (χ4n) is 1.66. The topological polar surface area (TPSA) is 38.3 Å². The van der Waals surface area contributed by atoms with Crippen LogP contribution in [0, 0.1) is 5.92 Å². The van der Waals surface area contributed by atoms with E-state index in [0.29, 0.717) is 19.1 Å². The van der Waals surface area contributed by atoms with Crippen LogP contribution in [-0.4, -0.2) is 19.2 Å². The normalized spacial score (nSPS) is 20.6. The molecule has 0 saturated carbocycles. The van der Waals surface area contributed by atoms with Crippen LogP contribution in [-0.2, 0) is 11.2 Å². The third-order valence-corrected chi connectivity index (χ3v) is 2.89. The predicted molar refractivity (Wildman–Crippen MR) is 60.7 cm³/mol. The fraction of sp³-hybridized carbons (Fsp3) is 0.364. The summed E-state index contributed by atoms with van der Waals surface area (Å²) < 4.78 is 6.02. The molecule has 1 atom stereocenters. The highest BCUT2D eigenvalue weighted by Crippen LogP contribution is 2.16. The molecule has 1 aromatic rings. The number of alkyl carbamates (subject to hydrolysis) is 1. The van der Waals surface area contributed by atoms with Gasteiger partial charge in [0.05, 0.1) is 6.61 Å². The van der Waals surface area contributed by atoms with Gasteiger partial charge in [0, 0.05) is 16.9 Å². The molecule has 1 aromatic carbocycles. The quantitative estimate of drug-likeness (QED) is 0.895. The first-order valence-corrected chi connectivity index (χ1v) is 5.68. The summed E-state index contributed by atoms with van der Waals surface area (Å²) in [7, 11) is 0. The molecule has 3 nitrogen and oxygen atoms in total. The summed E-state index contributed by atoms with van der Waals surface area (Å²) in [4.78, 5) is 10.8. The molecule has 1 aliphatic heterocycles. The summed E-state index contributed by atoms with van der Waals surface area (Å²) in [5.41, 5.74) is 1.26. The lowest BCUT2D eigenvalue weighted by molar-refractivity contribution is 0.103. The minimum Gasteiger partial charge on any atom is -0.449 e. The summed E-state index contributed by atoms with van der Waals surface area (Å²) in [6.45, 7) is 1.21. The molecular weight excluding hydrogens is 258 g/mol. The number of rotatable bonds is 2. The Labute approximate surface area is 96.9 Å². The molecule has 1 unspecified atom stereocenters. The SMILES string of the molecule is O=C1NCC(Cc2cccc(Br)c2)CO1. The molecule has 4 heteroatoms. The lowest BCUT2D eigenvalue weighted by Gasteiger charge is -2.22. The van der Waals surface area contributed by atoms with E-state index in [1.54, 1.807) is 0 Å². The van der Waals surface area contributed by atoms with E-state index in [2.05, 4.69) is 33.4 Å². The number of carbonyl (C=O) groups excluding carboxylic acids is 1. The Morgan fingerprint density at radius 3 is 3.07 bits per heavy atom. The Hall–Kier alpha value is -1.03. The number of hydrogen-bond donors (Lipinski definition) is 1. The molecule has 1 saturated heterocycles. The number of cyclic esters (lactones) is 1. The Bertz CT molecular complexity index is 357. The molecule has 0 aliphatic carbocycles. The second-order valence-corrected chi connectivity index (χ2v) is 4.60. The van der Waals surface area contributed by atoms with Crippen LogP contribution in [0.4, 0.5) is 4.79 Å². The highest BCUT2D eigenvalue weighted by molar-refractivity contribution is 9.10. The number of halogens is 1. The summed E-state index contributed by atoms with van der Waals surface area (Å²) in [5.74, 6) is 0.372. The largest absolute Gasteiger partial charge is 0.449 e. The van der Waals surface area contributed by atoms with Gasteiger partial charge in [0.25, 0.3) is 0 Å². The summed E-state index contributed by atoms with van der Waals surface area (Å²) in [6, 6.07) is 8.20. The smallest absolute Gasteiger partial charge is 0.407 e. The van der Waals surface area contributed by atoms with Crippen LogP contribution in [0.1, 0.15) is 5.56 Å². The van der Waals surface area contributed by atoms with Gasteiger partial charge in [0.1, 0.15) is 0 Å². The number of hydrogen-bond acceptors (Lipinski definition) is 2. The average Bonchev–Trinajstić information content (AvgIpc) is 2.22. The lowest BCUT2D eigenvalue weighted by Crippen LogP contribution is -2.39. The fourth-order valence-corrected chi connectivity index (χ4v) is 2.11. The zero-order valence-electron chi connectivity index (χ0n) is 8.20. The zero-order chi connectivity index (χ0) is 10.7. The van der Waals surface area contributed by atoms with Crippen molar-refractivity contribution < 1.29 is 9.53 Å². The summed E-state index contributed by atoms with van der Waals surface area (Å²) >= 11 is 3.44. The molecule has 1 N–H and O–H groups in total. The predicted octanol–water partition coefficient (Wildman–Crippen LogP) is 2.35. The Morgan fingerprint density at radius 2 is 2.40 bits per heavy atom. The van der Waals surface area contributed by atoms with Crippen molar-refractivity contribution in [3.8, 4) is 0 Å². The van der Waals surface area contributed by atoms with Crippen molar-refractivity contribution >= 4 is 22.0 Å². The second-order valence-electron chi connectivity index (χ2n) is 3.68. The number of carbonyl (C=O) groups is 1. The van der Waals surface area contributed by atoms with E-state index in [1.165, 1.54) is 5.56 Å². The van der Waals surface area contributed by atoms with Gasteiger partial charge in [0.2, 0.25) is 0 Å². The maximum Gasteiger partial charge on any atom is 0.407 e. The van der Waals surface area contributed by atoms with Crippen molar-refractivity contribution in [1.82, 2.24) is 5.32 Å². The van der Waals surface area contributed by atoms with E-state index < -0.39 is 0 Å². The maximum atomic E-state index is 10.8. The molecule has 1 aliphatic rings. The average molecular weight is 270 g/mol. The molecule has 1 fully saturated rings. The molecule has 0 bridgehead atoms. The standard InChI is InChI=1S/C11H12BrNO2/c12-10-3-1-2-8(5-10)4-9-6-13-11(14)15-7-9/h1-3,5,9H,4,6-7H2,(H,13,14). The van der Waals surface area contributed by atoms with Crippen LogP contribution in [0.25, 0.3) is 0 Å². The molecule has 80 valence electrons. The van der Waals surface area contributed by atoms with Crippen LogP contribution in [0.15, 0.2) is 28.7 Å². The van der Waals surface area contributed by atoms with Crippen LogP contribution in [0.3, 0.4) is 0 Å². The van der Waals surface area contributed by atoms with E-state index in [4.69, 9.17) is 4.74 Å². The van der Waals surface area contributed by atoms with Gasteiger partial charge in [-0.05, 0) is 24.1 Å². The van der Waals surface area contributed by atoms with E-state index >= 15 is 0 Å². The van der Waals surface area contributed by atoms with Crippen LogP contribution in [0.2, 0.25) is 0 Å². The zero-order valence-corrected chi connectivity index (χ0v) is 9.79. The van der Waals surface area contributed by atoms with Crippen LogP contribution in [0.5, 0.6) is 0 Å². The molecule has 1 heterocycles. The summed E-state index contributed by atoms with van der Waals surface area (Å²) in [5, 5.41) is 2.69. The molecule has 0 spiro atoms. The highest BCUT2D eigenvalue weighted by Gasteiger charge is 2.18. The number of nitrogens with one attached hydrogen (secondary N) is 1. The molecule has 0 radical (unpaired) electrons. The van der Waals surface area contributed by atoms with E-state index in [1.807, 2.05) is 12.1 Å². The first kappa shape index (κ1) is 10.5. The molecular formula is C11H12BrNO2. The van der Waals surface area contributed by atoms with Gasteiger partial charge in [-0.2, -0.15) is 0 Å². The van der Waals surface area contributed by atoms with Gasteiger partial charge in [-0.15, -0.1) is 0 Å². The molecule has 2 rings (SSSR count). The third-order valence-electron chi connectivity index (χ3n) is 2.40. The maximum absolute atomic E-state index is 10.8. The van der Waals surface area contributed by atoms with Gasteiger partial charge < -0.3 is 10.1 Å². The van der Waals surface area contributed by atoms with Gasteiger partial charge in [-0.25, -0.2) is 4.79 Å². The van der Waals surface area contributed by atoms with Crippen molar-refractivity contribution in [1.29, 1.82) is 0 Å². The molecule has 15 heavy (non-hydrogen) atoms. The number of ether oxygens (including phenoxy) is 1. The first-order chi connectivity index (χ1) is 7.24. The van der Waals surface area contributed by atoms with Crippen LogP contribution >= 0.6 is 15.9 Å². The van der Waals surface area contributed by atoms with E-state index in [-0.39, 0.29) is 6.09 Å². The van der Waals surface area contributed by atoms with Gasteiger partial charge in [-0.1, -0.05) is 28.1 Å². The van der Waals surface area contributed by atoms with E-state index in [0.717, 1.165) is 10.9 Å². The number of amides is 1. The minimum atomic E-state index is -0.305. The van der Waals surface area contributed by atoms with Gasteiger partial charge >= 0.3 is 6.09 Å². The lowest BCUT2D eigenvalue weighted by atomic mass is 9.99. The van der Waals surface area contributed by atoms with Crippen molar-refractivity contribution in [3.05, 3.63) is 34.3 Å². The third kappa shape index (κ3) is 2.96. The van der Waals surface area contributed by atoms with Crippen molar-refractivity contribution in [2.45, 2.75) is 6.42 Å². The Kier molecular flexibility index (Phi) is 3.26. The highest BCUT2D eigenvalue weighted by atomic mass is 79.9. The van der Waals surface area contributed by atoms with Gasteiger partial charge in [0.15, 0.2) is 0 Å². The monoisotopic (exact) mass is 269 g/mol. The summed E-state index contributed by atoms with van der Waals surface area (Å²) in [6.07, 6.45) is 0.625. The molecule has 1 amide bonds. The first-order valence-electron chi connectivity index (χ1n) is 4.89. The van der Waals surface area contributed by atoms with Crippen LogP contribution < -0.4 is 5.32 Å². The second kappa shape index (κ2) is 4.66. The van der Waals surface area contributed by atoms with Crippen molar-refractivity contribution in [3.63, 3.8) is 0 Å².